The summed E-state index contributed by atoms with van der Waals surface area (Å²) in [6.45, 7) is 4.79. The first-order chi connectivity index (χ1) is 20.6. The summed E-state index contributed by atoms with van der Waals surface area (Å²) in [5, 5.41) is 17.4. The number of fused-ring (bicyclic) bond motifs is 4. The average molecular weight is 643 g/mol. The summed E-state index contributed by atoms with van der Waals surface area (Å²) in [6.07, 6.45) is 2.84. The molecule has 10 nitrogen and oxygen atoms in total. The number of nitrogens with zero attached hydrogens (tertiary/aromatic N) is 6. The lowest BCUT2D eigenvalue weighted by Crippen LogP contribution is -2.45. The molecule has 3 aromatic heterocycles. The van der Waals surface area contributed by atoms with Gasteiger partial charge in [-0.2, -0.15) is 4.31 Å². The number of pyridine rings is 2. The van der Waals surface area contributed by atoms with Crippen molar-refractivity contribution in [3.63, 3.8) is 0 Å². The molecule has 0 radical (unpaired) electrons. The molecule has 45 heavy (non-hydrogen) atoms. The number of piperidine rings is 1. The summed E-state index contributed by atoms with van der Waals surface area (Å²) in [7, 11) is -3.88. The standard InChI is InChI=1S/C30H32F2N6O4S.2CH4/c1-18-8-9-20(24(15-26(39)40)23-10-13-38-28(19(23)2)34-35-30(38)27(31)32)14-21(18)16-36-17-22-6-3-4-12-37(22)29-25(43(36,41)42)7-5-11-33-29;;/h5,7-11,13-14,22,24,27H,3-4,6,12,15-17H2,1-2H3,(H,39,40);2*1H4/t22-,24-;;/m0../s1. The number of rotatable bonds is 7. The SMILES string of the molecule is C.C.Cc1ccc([C@H](CC(=O)O)c2ccn3c(C(F)F)nnc3c2C)cc1CN1C[C@@H]2CCCCN2c2ncccc2S1(=O)=O. The first-order valence-electron chi connectivity index (χ1n) is 14.2. The van der Waals surface area contributed by atoms with Gasteiger partial charge in [-0.3, -0.25) is 9.20 Å². The molecule has 1 N–H and O–H groups in total. The van der Waals surface area contributed by atoms with E-state index in [1.54, 1.807) is 31.3 Å². The predicted octanol–water partition coefficient (Wildman–Crippen LogP) is 6.12. The van der Waals surface area contributed by atoms with E-state index in [9.17, 15) is 27.1 Å². The van der Waals surface area contributed by atoms with E-state index in [-0.39, 0.29) is 44.4 Å². The van der Waals surface area contributed by atoms with Gasteiger partial charge in [0.1, 0.15) is 10.7 Å². The quantitative estimate of drug-likeness (QED) is 0.256. The van der Waals surface area contributed by atoms with Gasteiger partial charge in [-0.15, -0.1) is 10.2 Å². The van der Waals surface area contributed by atoms with Crippen LogP contribution in [0.1, 0.15) is 86.5 Å². The lowest BCUT2D eigenvalue weighted by atomic mass is 9.85. The Labute approximate surface area is 262 Å². The number of carboxylic acid groups (broad SMARTS) is 1. The van der Waals surface area contributed by atoms with Gasteiger partial charge < -0.3 is 10.0 Å². The normalized spacial score (nSPS) is 18.3. The number of aliphatic carboxylic acids is 1. The van der Waals surface area contributed by atoms with Crippen molar-refractivity contribution in [2.75, 3.05) is 18.0 Å². The van der Waals surface area contributed by atoms with E-state index >= 15 is 0 Å². The molecule has 1 aromatic carbocycles. The molecule has 242 valence electrons. The van der Waals surface area contributed by atoms with Crippen molar-refractivity contribution in [1.82, 2.24) is 23.9 Å². The van der Waals surface area contributed by atoms with Crippen LogP contribution in [0.15, 0.2) is 53.7 Å². The Hall–Kier alpha value is -3.97. The topological polar surface area (TPSA) is 121 Å². The molecule has 0 bridgehead atoms. The Morgan fingerprint density at radius 2 is 1.89 bits per heavy atom. The zero-order valence-corrected chi connectivity index (χ0v) is 24.6. The minimum Gasteiger partial charge on any atom is -0.481 e. The number of hydrogen-bond acceptors (Lipinski definition) is 7. The van der Waals surface area contributed by atoms with E-state index < -0.39 is 34.2 Å². The highest BCUT2D eigenvalue weighted by Crippen LogP contribution is 2.37. The van der Waals surface area contributed by atoms with Crippen LogP contribution in [0.4, 0.5) is 14.6 Å². The number of benzene rings is 1. The van der Waals surface area contributed by atoms with E-state index in [4.69, 9.17) is 0 Å². The number of carbonyl (C=O) groups is 1. The molecule has 2 atom stereocenters. The highest BCUT2D eigenvalue weighted by Gasteiger charge is 2.39. The van der Waals surface area contributed by atoms with Gasteiger partial charge in [0.25, 0.3) is 6.43 Å². The van der Waals surface area contributed by atoms with Crippen molar-refractivity contribution in [1.29, 1.82) is 0 Å². The number of anilines is 1. The molecule has 0 amide bonds. The smallest absolute Gasteiger partial charge is 0.304 e. The fourth-order valence-electron chi connectivity index (χ4n) is 6.38. The number of hydrogen-bond donors (Lipinski definition) is 1. The van der Waals surface area contributed by atoms with Crippen LogP contribution in [-0.4, -0.2) is 62.5 Å². The van der Waals surface area contributed by atoms with Crippen LogP contribution in [0.3, 0.4) is 0 Å². The summed E-state index contributed by atoms with van der Waals surface area (Å²) < 4.78 is 57.6. The minimum atomic E-state index is -3.88. The van der Waals surface area contributed by atoms with Crippen LogP contribution in [0.2, 0.25) is 0 Å². The van der Waals surface area contributed by atoms with Crippen molar-refractivity contribution >= 4 is 27.5 Å². The van der Waals surface area contributed by atoms with Gasteiger partial charge in [0.2, 0.25) is 15.8 Å². The lowest BCUT2D eigenvalue weighted by Gasteiger charge is -2.36. The van der Waals surface area contributed by atoms with Crippen molar-refractivity contribution in [2.24, 2.45) is 0 Å². The van der Waals surface area contributed by atoms with Crippen LogP contribution in [0.5, 0.6) is 0 Å². The van der Waals surface area contributed by atoms with Gasteiger partial charge in [-0.05, 0) is 79.1 Å². The van der Waals surface area contributed by atoms with Gasteiger partial charge in [0.15, 0.2) is 5.65 Å². The lowest BCUT2D eigenvalue weighted by molar-refractivity contribution is -0.137. The molecule has 6 rings (SSSR count). The molecule has 1 fully saturated rings. The van der Waals surface area contributed by atoms with Crippen LogP contribution < -0.4 is 4.90 Å². The number of alkyl halides is 2. The molecule has 13 heteroatoms. The maximum atomic E-state index is 14.0. The summed E-state index contributed by atoms with van der Waals surface area (Å²) >= 11 is 0. The maximum Gasteiger partial charge on any atom is 0.304 e. The number of halogens is 2. The van der Waals surface area contributed by atoms with Crippen LogP contribution in [0.25, 0.3) is 5.65 Å². The molecule has 0 spiro atoms. The molecule has 0 unspecified atom stereocenters. The number of aromatic nitrogens is 4. The molecule has 0 aliphatic carbocycles. The largest absolute Gasteiger partial charge is 0.481 e. The molecule has 4 aromatic rings. The summed E-state index contributed by atoms with van der Waals surface area (Å²) in [5.41, 5.74) is 3.71. The third-order valence-electron chi connectivity index (χ3n) is 8.65. The highest BCUT2D eigenvalue weighted by molar-refractivity contribution is 7.89. The Bertz CT molecular complexity index is 1810. The van der Waals surface area contributed by atoms with E-state index in [1.165, 1.54) is 14.9 Å². The van der Waals surface area contributed by atoms with E-state index in [2.05, 4.69) is 20.1 Å². The Balaban J connectivity index is 0.00000230. The zero-order valence-electron chi connectivity index (χ0n) is 23.8. The summed E-state index contributed by atoms with van der Waals surface area (Å²) in [4.78, 5) is 18.8. The molecule has 5 heterocycles. The zero-order chi connectivity index (χ0) is 30.5. The second-order valence-corrected chi connectivity index (χ2v) is 13.2. The van der Waals surface area contributed by atoms with E-state index in [1.807, 2.05) is 25.1 Å². The Morgan fingerprint density at radius 3 is 2.62 bits per heavy atom. The first kappa shape index (κ1) is 33.9. The molecule has 2 aliphatic heterocycles. The van der Waals surface area contributed by atoms with Gasteiger partial charge in [0.05, 0.1) is 6.42 Å². The van der Waals surface area contributed by atoms with Crippen molar-refractivity contribution in [3.8, 4) is 0 Å². The summed E-state index contributed by atoms with van der Waals surface area (Å²) in [5.74, 6) is -1.65. The second-order valence-electron chi connectivity index (χ2n) is 11.3. The van der Waals surface area contributed by atoms with Crippen LogP contribution >= 0.6 is 0 Å². The van der Waals surface area contributed by atoms with Crippen molar-refractivity contribution in [3.05, 3.63) is 82.4 Å². The Morgan fingerprint density at radius 1 is 1.11 bits per heavy atom. The first-order valence-corrected chi connectivity index (χ1v) is 15.7. The van der Waals surface area contributed by atoms with Crippen molar-refractivity contribution < 1.29 is 27.1 Å². The van der Waals surface area contributed by atoms with E-state index in [0.29, 0.717) is 29.1 Å². The number of aryl methyl sites for hydroxylation is 2. The number of carboxylic acids is 1. The van der Waals surface area contributed by atoms with Gasteiger partial charge in [-0.1, -0.05) is 33.1 Å². The molecular weight excluding hydrogens is 602 g/mol. The van der Waals surface area contributed by atoms with Gasteiger partial charge >= 0.3 is 5.97 Å². The van der Waals surface area contributed by atoms with Gasteiger partial charge in [0, 0.05) is 44.0 Å². The molecule has 2 aliphatic rings. The third-order valence-corrected chi connectivity index (χ3v) is 10.5. The average Bonchev–Trinajstić information content (AvgIpc) is 3.39. The van der Waals surface area contributed by atoms with Crippen LogP contribution in [0, 0.1) is 13.8 Å². The van der Waals surface area contributed by atoms with Gasteiger partial charge in [-0.25, -0.2) is 22.2 Å². The summed E-state index contributed by atoms with van der Waals surface area (Å²) in [6, 6.07) is 10.4. The number of sulfonamides is 1. The molecule has 1 saturated heterocycles. The maximum absolute atomic E-state index is 14.0. The second kappa shape index (κ2) is 13.2. The molecule has 0 saturated carbocycles. The monoisotopic (exact) mass is 642 g/mol. The van der Waals surface area contributed by atoms with Crippen molar-refractivity contribution in [2.45, 2.75) is 84.2 Å². The fourth-order valence-corrected chi connectivity index (χ4v) is 7.99. The minimum absolute atomic E-state index is 0. The highest BCUT2D eigenvalue weighted by atomic mass is 32.2. The Kier molecular flexibility index (Phi) is 9.93. The predicted molar refractivity (Wildman–Crippen MR) is 168 cm³/mol. The third kappa shape index (κ3) is 6.15. The fraction of sp³-hybridized carbons (Fsp3) is 0.438. The molecular formula is C32H40F2N6O4S. The van der Waals surface area contributed by atoms with E-state index in [0.717, 1.165) is 36.9 Å². The van der Waals surface area contributed by atoms with Crippen LogP contribution in [-0.2, 0) is 21.4 Å².